The van der Waals surface area contributed by atoms with Crippen LogP contribution in [0.2, 0.25) is 0 Å². The van der Waals surface area contributed by atoms with Gasteiger partial charge in [-0.1, -0.05) is 54.8 Å². The fourth-order valence-electron chi connectivity index (χ4n) is 2.21. The second-order valence-electron chi connectivity index (χ2n) is 5.21. The van der Waals surface area contributed by atoms with Crippen LogP contribution in [0.25, 0.3) is 0 Å². The molecule has 2 nitrogen and oxygen atoms in total. The maximum atomic E-state index is 11.7. The average Bonchev–Trinajstić information content (AvgIpc) is 3.29. The Labute approximate surface area is 153 Å². The van der Waals surface area contributed by atoms with Crippen molar-refractivity contribution in [2.45, 2.75) is 19.8 Å². The van der Waals surface area contributed by atoms with Gasteiger partial charge in [0, 0.05) is 17.1 Å². The van der Waals surface area contributed by atoms with Crippen LogP contribution in [0.5, 0.6) is 0 Å². The molecule has 0 saturated carbocycles. The molecule has 0 spiro atoms. The van der Waals surface area contributed by atoms with Gasteiger partial charge in [0.05, 0.1) is 0 Å². The molecule has 3 rings (SSSR count). The molecule has 0 bridgehead atoms. The van der Waals surface area contributed by atoms with Crippen molar-refractivity contribution in [2.75, 3.05) is 0 Å². The molecule has 0 amide bonds. The van der Waals surface area contributed by atoms with Gasteiger partial charge in [-0.05, 0) is 6.42 Å². The van der Waals surface area contributed by atoms with Crippen LogP contribution in [0.1, 0.15) is 39.6 Å². The smallest absolute Gasteiger partial charge is 0.108 e. The van der Waals surface area contributed by atoms with Crippen molar-refractivity contribution in [3.8, 4) is 0 Å². The molecule has 130 valence electrons. The van der Waals surface area contributed by atoms with Crippen molar-refractivity contribution in [3.05, 3.63) is 95.6 Å². The molecule has 0 atom stereocenters. The summed E-state index contributed by atoms with van der Waals surface area (Å²) < 4.78 is 0. The molecule has 3 aromatic rings. The van der Waals surface area contributed by atoms with Crippen molar-refractivity contribution in [2.24, 2.45) is 0 Å². The Morgan fingerprint density at radius 2 is 1.50 bits per heavy atom. The van der Waals surface area contributed by atoms with Gasteiger partial charge in [0.25, 0.3) is 0 Å². The van der Waals surface area contributed by atoms with Gasteiger partial charge in [-0.25, -0.2) is 12.1 Å². The van der Waals surface area contributed by atoms with Gasteiger partial charge in [0.15, 0.2) is 0 Å². The minimum Gasteiger partial charge on any atom is -0.718 e. The van der Waals surface area contributed by atoms with E-state index in [1.807, 2.05) is 85.8 Å². The Kier molecular flexibility index (Phi) is 8.70. The fourth-order valence-corrected chi connectivity index (χ4v) is 2.21. The molecule has 0 aliphatic heterocycles. The van der Waals surface area contributed by atoms with E-state index in [1.165, 1.54) is 0 Å². The maximum Gasteiger partial charge on any atom is 0.108 e. The largest absolute Gasteiger partial charge is 0.718 e. The van der Waals surface area contributed by atoms with E-state index in [9.17, 15) is 9.59 Å². The number of hydrogen-bond donors (Lipinski definition) is 0. The molecule has 3 heteroatoms. The zero-order valence-electron chi connectivity index (χ0n) is 13.6. The van der Waals surface area contributed by atoms with Gasteiger partial charge in [0.2, 0.25) is 0 Å². The van der Waals surface area contributed by atoms with E-state index in [0.29, 0.717) is 12.8 Å². The van der Waals surface area contributed by atoms with Crippen LogP contribution < -0.4 is 0 Å². The van der Waals surface area contributed by atoms with Crippen LogP contribution in [0.4, 0.5) is 0 Å². The zero-order chi connectivity index (χ0) is 16.5. The van der Waals surface area contributed by atoms with Crippen LogP contribution in [0.15, 0.2) is 78.9 Å². The summed E-state index contributed by atoms with van der Waals surface area (Å²) in [6, 6.07) is 24.7. The number of Topliss-reactive ketones (excluding diaryl/α,β-unsaturated/α-hetero) is 2. The Morgan fingerprint density at radius 3 is 2.04 bits per heavy atom. The minimum absolute atomic E-state index is 0. The molecule has 0 aromatic heterocycles. The van der Waals surface area contributed by atoms with Gasteiger partial charge in [-0.3, -0.25) is 5.78 Å². The standard InChI is InChI=1S/C13H11O.C8H9O.Fe/c14-13(12-8-4-5-9-12)10-11-6-2-1-3-7-11;1-2-8(9)7-5-3-4-6-7;/h1-9H,10H2;3-6H,2H2,1H3;/q-5;-1;. The van der Waals surface area contributed by atoms with Gasteiger partial charge >= 0.3 is 0 Å². The van der Waals surface area contributed by atoms with Crippen molar-refractivity contribution in [1.82, 2.24) is 0 Å². The Hall–Kier alpha value is -2.22. The monoisotopic (exact) mass is 360 g/mol. The Balaban J connectivity index is 0.000000252. The molecule has 0 aliphatic rings. The summed E-state index contributed by atoms with van der Waals surface area (Å²) >= 11 is 0. The van der Waals surface area contributed by atoms with Crippen LogP contribution in [0, 0.1) is 0 Å². The first-order chi connectivity index (χ1) is 11.2. The number of ketones is 2. The molecule has 0 unspecified atom stereocenters. The molecular weight excluding hydrogens is 340 g/mol. The Morgan fingerprint density at radius 1 is 0.917 bits per heavy atom. The first-order valence-electron chi connectivity index (χ1n) is 7.74. The number of rotatable bonds is 5. The third-order valence-corrected chi connectivity index (χ3v) is 3.50. The van der Waals surface area contributed by atoms with Crippen LogP contribution in [0.3, 0.4) is 0 Å². The van der Waals surface area contributed by atoms with E-state index < -0.39 is 0 Å². The number of benzene rings is 1. The van der Waals surface area contributed by atoms with Gasteiger partial charge in [0.1, 0.15) is 5.78 Å². The van der Waals surface area contributed by atoms with Crippen molar-refractivity contribution >= 4 is 11.6 Å². The SMILES string of the molecule is CCC(=O)[c-]1cccc1.O=C(Cc1ccccc1)[c-]1[cH-][cH-][cH-][cH-]1.[Fe]. The van der Waals surface area contributed by atoms with Gasteiger partial charge in [-0.15, -0.1) is 0 Å². The van der Waals surface area contributed by atoms with E-state index in [1.54, 1.807) is 0 Å². The number of carbonyl (C=O) groups is 2. The van der Waals surface area contributed by atoms with E-state index in [4.69, 9.17) is 0 Å². The molecule has 0 N–H and O–H groups in total. The first-order valence-corrected chi connectivity index (χ1v) is 7.74. The van der Waals surface area contributed by atoms with Crippen LogP contribution in [-0.2, 0) is 23.5 Å². The van der Waals surface area contributed by atoms with E-state index >= 15 is 0 Å². The van der Waals surface area contributed by atoms with Gasteiger partial charge < -0.3 is 39.4 Å². The van der Waals surface area contributed by atoms with Gasteiger partial charge in [-0.2, -0.15) is 12.1 Å². The maximum absolute atomic E-state index is 11.7. The summed E-state index contributed by atoms with van der Waals surface area (Å²) in [6.07, 6.45) is 1.09. The summed E-state index contributed by atoms with van der Waals surface area (Å²) in [6.45, 7) is 1.87. The first kappa shape index (κ1) is 19.8. The van der Waals surface area contributed by atoms with Crippen LogP contribution in [-0.4, -0.2) is 11.6 Å². The van der Waals surface area contributed by atoms with E-state index in [-0.39, 0.29) is 28.6 Å². The van der Waals surface area contributed by atoms with E-state index in [2.05, 4.69) is 0 Å². The van der Waals surface area contributed by atoms with Crippen molar-refractivity contribution in [1.29, 1.82) is 0 Å². The third kappa shape index (κ3) is 6.11. The minimum atomic E-state index is 0. The molecule has 0 saturated heterocycles. The Bertz CT molecular complexity index is 711. The summed E-state index contributed by atoms with van der Waals surface area (Å²) in [4.78, 5) is 22.5. The van der Waals surface area contributed by atoms with E-state index in [0.717, 1.165) is 16.7 Å². The number of hydrogen-bond acceptors (Lipinski definition) is 2. The second-order valence-corrected chi connectivity index (χ2v) is 5.21. The van der Waals surface area contributed by atoms with Crippen LogP contribution >= 0.6 is 0 Å². The van der Waals surface area contributed by atoms with Crippen molar-refractivity contribution < 1.29 is 26.7 Å². The van der Waals surface area contributed by atoms with Crippen molar-refractivity contribution in [3.63, 3.8) is 0 Å². The zero-order valence-corrected chi connectivity index (χ0v) is 14.7. The molecule has 24 heavy (non-hydrogen) atoms. The molecule has 0 radical (unpaired) electrons. The fraction of sp³-hybridized carbons (Fsp3) is 0.143. The average molecular weight is 360 g/mol. The normalized spacial score (nSPS) is 9.38. The summed E-state index contributed by atoms with van der Waals surface area (Å²) in [5.41, 5.74) is 2.70. The third-order valence-electron chi connectivity index (χ3n) is 3.50. The topological polar surface area (TPSA) is 34.1 Å². The quantitative estimate of drug-likeness (QED) is 0.371. The molecule has 3 aromatic carbocycles. The summed E-state index contributed by atoms with van der Waals surface area (Å²) in [7, 11) is 0. The number of carbonyl (C=O) groups excluding carboxylic acids is 2. The summed E-state index contributed by atoms with van der Waals surface area (Å²) in [5, 5.41) is 0. The predicted molar refractivity (Wildman–Crippen MR) is 93.2 cm³/mol. The second kappa shape index (κ2) is 10.5. The molecule has 0 aliphatic carbocycles. The summed E-state index contributed by atoms with van der Waals surface area (Å²) in [5.74, 6) is 0.404. The molecule has 0 fully saturated rings. The molecular formula is C21H20FeO2-6. The predicted octanol–water partition coefficient (Wildman–Crippen LogP) is 4.83. The molecule has 0 heterocycles.